The minimum absolute atomic E-state index is 0. The summed E-state index contributed by atoms with van der Waals surface area (Å²) in [5, 5.41) is 12.4. The van der Waals surface area contributed by atoms with Crippen LogP contribution in [0, 0.1) is 6.92 Å². The van der Waals surface area contributed by atoms with Gasteiger partial charge in [-0.15, -0.1) is 10.2 Å². The molecule has 1 atom stereocenters. The number of fused-ring (bicyclic) bond motifs is 1. The Morgan fingerprint density at radius 3 is 2.53 bits per heavy atom. The van der Waals surface area contributed by atoms with E-state index in [1.54, 1.807) is 36.4 Å². The molecule has 0 radical (unpaired) electrons. The predicted molar refractivity (Wildman–Crippen MR) is 135 cm³/mol. The number of ether oxygens (including phenoxy) is 2. The quantitative estimate of drug-likeness (QED) is 0.406. The molecule has 0 aliphatic heterocycles. The largest absolute Gasteiger partial charge is 0.441 e. The lowest BCUT2D eigenvalue weighted by atomic mass is 10.1. The van der Waals surface area contributed by atoms with Crippen molar-refractivity contribution in [2.24, 2.45) is 5.73 Å². The summed E-state index contributed by atoms with van der Waals surface area (Å²) in [6, 6.07) is 12.6. The standard InChI is InChI=1S/C24H32N6O5.CH4/c1-16-9-6-7-10-17(16)13-34-15-19(26-22(31)24(2,3)25)21-28-27-20-12-8-11-18(30(20)21)14-35-23(32)29(4)33-5;/h6-12,19H,13-15,25H2,1-5H3,(H,26,31);1H4/t19-;/m1./s1. The van der Waals surface area contributed by atoms with Crippen molar-refractivity contribution in [3.63, 3.8) is 0 Å². The molecule has 2 heterocycles. The number of aryl methyl sites for hydroxylation is 1. The lowest BCUT2D eigenvalue weighted by Gasteiger charge is -2.24. The van der Waals surface area contributed by atoms with Gasteiger partial charge in [0.05, 0.1) is 31.6 Å². The van der Waals surface area contributed by atoms with Gasteiger partial charge in [-0.25, -0.2) is 4.79 Å². The molecule has 0 aliphatic carbocycles. The highest BCUT2D eigenvalue weighted by atomic mass is 16.7. The summed E-state index contributed by atoms with van der Waals surface area (Å²) in [7, 11) is 2.81. The molecule has 2 amide bonds. The van der Waals surface area contributed by atoms with Crippen LogP contribution in [0.5, 0.6) is 0 Å². The Bertz CT molecular complexity index is 1170. The Labute approximate surface area is 211 Å². The van der Waals surface area contributed by atoms with Crippen molar-refractivity contribution in [3.05, 3.63) is 65.1 Å². The average molecular weight is 501 g/mol. The fourth-order valence-corrected chi connectivity index (χ4v) is 3.25. The minimum atomic E-state index is -1.11. The molecular weight excluding hydrogens is 464 g/mol. The number of nitrogens with two attached hydrogens (primary N) is 1. The third-order valence-corrected chi connectivity index (χ3v) is 5.41. The number of pyridine rings is 1. The molecule has 3 N–H and O–H groups in total. The average Bonchev–Trinajstić information content (AvgIpc) is 3.26. The van der Waals surface area contributed by atoms with E-state index in [1.165, 1.54) is 14.2 Å². The van der Waals surface area contributed by atoms with Gasteiger partial charge in [0.15, 0.2) is 11.5 Å². The number of hydrogen-bond acceptors (Lipinski definition) is 8. The monoisotopic (exact) mass is 500 g/mol. The fourth-order valence-electron chi connectivity index (χ4n) is 3.25. The van der Waals surface area contributed by atoms with E-state index in [0.29, 0.717) is 23.8 Å². The van der Waals surface area contributed by atoms with Gasteiger partial charge in [0.25, 0.3) is 0 Å². The summed E-state index contributed by atoms with van der Waals surface area (Å²) in [5.41, 5.74) is 8.18. The van der Waals surface area contributed by atoms with Gasteiger partial charge in [-0.05, 0) is 44.0 Å². The molecule has 11 heteroatoms. The maximum Gasteiger partial charge on any atom is 0.434 e. The molecule has 1 aromatic carbocycles. The fraction of sp³-hybridized carbons (Fsp3) is 0.440. The zero-order valence-electron chi connectivity index (χ0n) is 20.6. The van der Waals surface area contributed by atoms with E-state index in [-0.39, 0.29) is 26.5 Å². The molecule has 3 aromatic rings. The summed E-state index contributed by atoms with van der Waals surface area (Å²) in [5.74, 6) is 0.0542. The third-order valence-electron chi connectivity index (χ3n) is 5.41. The normalized spacial score (nSPS) is 12.1. The lowest BCUT2D eigenvalue weighted by Crippen LogP contribution is -2.51. The first-order valence-electron chi connectivity index (χ1n) is 11.1. The molecule has 3 rings (SSSR count). The van der Waals surface area contributed by atoms with Crippen LogP contribution in [0.4, 0.5) is 4.79 Å². The maximum atomic E-state index is 12.8. The van der Waals surface area contributed by atoms with Crippen LogP contribution in [0.15, 0.2) is 42.5 Å². The van der Waals surface area contributed by atoms with E-state index in [1.807, 2.05) is 31.2 Å². The highest BCUT2D eigenvalue weighted by Gasteiger charge is 2.28. The summed E-state index contributed by atoms with van der Waals surface area (Å²) in [6.07, 6.45) is -0.657. The Hall–Kier alpha value is -3.54. The van der Waals surface area contributed by atoms with Gasteiger partial charge < -0.3 is 20.5 Å². The van der Waals surface area contributed by atoms with E-state index in [4.69, 9.17) is 20.0 Å². The van der Waals surface area contributed by atoms with Crippen molar-refractivity contribution in [2.75, 3.05) is 20.8 Å². The van der Waals surface area contributed by atoms with Crippen molar-refractivity contribution >= 4 is 17.6 Å². The summed E-state index contributed by atoms with van der Waals surface area (Å²) >= 11 is 0. The van der Waals surface area contributed by atoms with Crippen LogP contribution in [0.3, 0.4) is 0 Å². The Balaban J connectivity index is 0.00000456. The van der Waals surface area contributed by atoms with Gasteiger partial charge >= 0.3 is 6.09 Å². The van der Waals surface area contributed by atoms with Crippen LogP contribution in [0.25, 0.3) is 5.65 Å². The number of nitrogens with zero attached hydrogens (tertiary/aromatic N) is 4. The van der Waals surface area contributed by atoms with E-state index in [0.717, 1.165) is 16.2 Å². The third kappa shape index (κ3) is 7.00. The minimum Gasteiger partial charge on any atom is -0.441 e. The van der Waals surface area contributed by atoms with Gasteiger partial charge in [0, 0.05) is 7.05 Å². The van der Waals surface area contributed by atoms with Crippen LogP contribution >= 0.6 is 0 Å². The number of hydroxylamine groups is 2. The summed E-state index contributed by atoms with van der Waals surface area (Å²) < 4.78 is 13.0. The second-order valence-corrected chi connectivity index (χ2v) is 8.69. The molecular formula is C25H36N6O5. The van der Waals surface area contributed by atoms with Crippen LogP contribution in [0.1, 0.15) is 50.0 Å². The molecule has 0 saturated heterocycles. The molecule has 196 valence electrons. The van der Waals surface area contributed by atoms with E-state index in [9.17, 15) is 9.59 Å². The van der Waals surface area contributed by atoms with Gasteiger partial charge in [-0.2, -0.15) is 5.06 Å². The maximum absolute atomic E-state index is 12.8. The van der Waals surface area contributed by atoms with Crippen LogP contribution in [-0.4, -0.2) is 58.0 Å². The molecule has 36 heavy (non-hydrogen) atoms. The van der Waals surface area contributed by atoms with Crippen LogP contribution in [0.2, 0.25) is 0 Å². The molecule has 0 spiro atoms. The SMILES string of the molecule is C.CON(C)C(=O)OCc1cccc2nnc([C@@H](COCc3ccccc3C)NC(=O)C(C)(C)N)n12. The first-order chi connectivity index (χ1) is 16.6. The van der Waals surface area contributed by atoms with Crippen molar-refractivity contribution in [3.8, 4) is 0 Å². The summed E-state index contributed by atoms with van der Waals surface area (Å²) in [4.78, 5) is 29.7. The number of carbonyl (C=O) groups excluding carboxylic acids is 2. The number of benzene rings is 1. The van der Waals surface area contributed by atoms with E-state index >= 15 is 0 Å². The first-order valence-corrected chi connectivity index (χ1v) is 11.1. The van der Waals surface area contributed by atoms with Gasteiger partial charge in [-0.3, -0.25) is 14.0 Å². The smallest absolute Gasteiger partial charge is 0.434 e. The molecule has 2 aromatic heterocycles. The molecule has 0 saturated carbocycles. The topological polar surface area (TPSA) is 133 Å². The number of rotatable bonds is 10. The zero-order chi connectivity index (χ0) is 25.6. The summed E-state index contributed by atoms with van der Waals surface area (Å²) in [6.45, 7) is 5.66. The van der Waals surface area contributed by atoms with Crippen molar-refractivity contribution < 1.29 is 23.9 Å². The van der Waals surface area contributed by atoms with E-state index < -0.39 is 17.7 Å². The Morgan fingerprint density at radius 2 is 1.86 bits per heavy atom. The second-order valence-electron chi connectivity index (χ2n) is 8.69. The number of nitrogens with one attached hydrogen (secondary N) is 1. The highest BCUT2D eigenvalue weighted by molar-refractivity contribution is 5.85. The lowest BCUT2D eigenvalue weighted by molar-refractivity contribution is -0.126. The number of hydrogen-bond donors (Lipinski definition) is 2. The van der Waals surface area contributed by atoms with Crippen molar-refractivity contribution in [1.29, 1.82) is 0 Å². The number of amides is 2. The zero-order valence-corrected chi connectivity index (χ0v) is 20.6. The predicted octanol–water partition coefficient (Wildman–Crippen LogP) is 2.92. The molecule has 0 aliphatic rings. The van der Waals surface area contributed by atoms with Crippen molar-refractivity contribution in [2.45, 2.75) is 53.0 Å². The van der Waals surface area contributed by atoms with Gasteiger partial charge in [0.2, 0.25) is 5.91 Å². The van der Waals surface area contributed by atoms with Gasteiger partial charge in [0.1, 0.15) is 12.6 Å². The molecule has 11 nitrogen and oxygen atoms in total. The Kier molecular flexibility index (Phi) is 9.91. The second kappa shape index (κ2) is 12.4. The number of carbonyl (C=O) groups is 2. The molecule has 0 unspecified atom stereocenters. The van der Waals surface area contributed by atoms with Crippen molar-refractivity contribution in [1.82, 2.24) is 25.0 Å². The van der Waals surface area contributed by atoms with E-state index in [2.05, 4.69) is 15.5 Å². The molecule has 0 fully saturated rings. The highest BCUT2D eigenvalue weighted by Crippen LogP contribution is 2.19. The molecule has 0 bridgehead atoms. The first kappa shape index (κ1) is 28.7. The number of aromatic nitrogens is 3. The van der Waals surface area contributed by atoms with Crippen LogP contribution in [-0.2, 0) is 32.3 Å². The van der Waals surface area contributed by atoms with Gasteiger partial charge in [-0.1, -0.05) is 37.8 Å². The van der Waals surface area contributed by atoms with Crippen LogP contribution < -0.4 is 11.1 Å². The Morgan fingerprint density at radius 1 is 1.14 bits per heavy atom.